The molecule has 0 N–H and O–H groups in total. The molecule has 2 rings (SSSR count). The Kier molecular flexibility index (Phi) is 3.51. The lowest BCUT2D eigenvalue weighted by molar-refractivity contribution is 0.858. The lowest BCUT2D eigenvalue weighted by Crippen LogP contribution is -1.86. The van der Waals surface area contributed by atoms with E-state index in [4.69, 9.17) is 0 Å². The number of rotatable bonds is 0. The van der Waals surface area contributed by atoms with Crippen LogP contribution in [0, 0.1) is 13.8 Å². The molecule has 3 nitrogen and oxygen atoms in total. The maximum Gasteiger partial charge on any atom is 0.105 e. The Morgan fingerprint density at radius 1 is 1.07 bits per heavy atom. The fraction of sp³-hybridized carbons (Fsp3) is 0.364. The second kappa shape index (κ2) is 4.65. The van der Waals surface area contributed by atoms with Crippen LogP contribution in [0.5, 0.6) is 0 Å². The fourth-order valence-corrected chi connectivity index (χ4v) is 0.987. The van der Waals surface area contributed by atoms with Crippen LogP contribution in [-0.2, 0) is 14.1 Å². The van der Waals surface area contributed by atoms with Crippen molar-refractivity contribution in [1.82, 2.24) is 14.1 Å². The molecular weight excluding hydrogens is 174 g/mol. The van der Waals surface area contributed by atoms with Gasteiger partial charge in [-0.1, -0.05) is 0 Å². The summed E-state index contributed by atoms with van der Waals surface area (Å²) < 4.78 is 4.06. The Bertz CT molecular complexity index is 313. The Hall–Kier alpha value is -1.51. The molecule has 2 aromatic rings. The zero-order valence-corrected chi connectivity index (χ0v) is 9.23. The van der Waals surface area contributed by atoms with Gasteiger partial charge < -0.3 is 9.13 Å². The van der Waals surface area contributed by atoms with Crippen molar-refractivity contribution in [2.75, 3.05) is 0 Å². The van der Waals surface area contributed by atoms with Gasteiger partial charge in [0.05, 0.1) is 0 Å². The van der Waals surface area contributed by atoms with E-state index in [0.29, 0.717) is 0 Å². The number of aryl methyl sites for hydroxylation is 4. The molecule has 0 aromatic carbocycles. The summed E-state index contributed by atoms with van der Waals surface area (Å²) in [6.45, 7) is 4.06. The van der Waals surface area contributed by atoms with Crippen LogP contribution in [0.25, 0.3) is 0 Å². The average Bonchev–Trinajstić information content (AvgIpc) is 2.67. The fourth-order valence-electron chi connectivity index (χ4n) is 0.987. The van der Waals surface area contributed by atoms with Gasteiger partial charge in [-0.05, 0) is 26.0 Å². The van der Waals surface area contributed by atoms with E-state index in [0.717, 1.165) is 5.82 Å². The van der Waals surface area contributed by atoms with Gasteiger partial charge in [0.2, 0.25) is 0 Å². The van der Waals surface area contributed by atoms with Crippen LogP contribution < -0.4 is 0 Å². The first-order valence-electron chi connectivity index (χ1n) is 4.63. The molecule has 0 aliphatic rings. The molecule has 0 saturated carbocycles. The van der Waals surface area contributed by atoms with E-state index >= 15 is 0 Å². The van der Waals surface area contributed by atoms with Crippen molar-refractivity contribution < 1.29 is 0 Å². The number of imidazole rings is 1. The van der Waals surface area contributed by atoms with Gasteiger partial charge in [-0.3, -0.25) is 0 Å². The highest BCUT2D eigenvalue weighted by Gasteiger charge is 1.83. The molecule has 0 fully saturated rings. The molecule has 0 saturated heterocycles. The lowest BCUT2D eigenvalue weighted by Gasteiger charge is -1.89. The molecule has 0 bridgehead atoms. The Morgan fingerprint density at radius 2 is 1.79 bits per heavy atom. The highest BCUT2D eigenvalue weighted by Crippen LogP contribution is 1.93. The predicted octanol–water partition coefficient (Wildman–Crippen LogP) is 2.06. The zero-order chi connectivity index (χ0) is 10.6. The van der Waals surface area contributed by atoms with Gasteiger partial charge in [0.15, 0.2) is 0 Å². The first kappa shape index (κ1) is 10.6. The van der Waals surface area contributed by atoms with Crippen molar-refractivity contribution in [1.29, 1.82) is 0 Å². The summed E-state index contributed by atoms with van der Waals surface area (Å²) in [4.78, 5) is 3.98. The smallest absolute Gasteiger partial charge is 0.105 e. The predicted molar refractivity (Wildman–Crippen MR) is 58.1 cm³/mol. The van der Waals surface area contributed by atoms with Crippen LogP contribution in [-0.4, -0.2) is 14.1 Å². The largest absolute Gasteiger partial charge is 0.355 e. The third kappa shape index (κ3) is 2.76. The van der Waals surface area contributed by atoms with Gasteiger partial charge in [0.1, 0.15) is 5.82 Å². The molecule has 0 aliphatic carbocycles. The Labute approximate surface area is 85.0 Å². The van der Waals surface area contributed by atoms with E-state index in [9.17, 15) is 0 Å². The average molecular weight is 191 g/mol. The van der Waals surface area contributed by atoms with Crippen molar-refractivity contribution in [3.05, 3.63) is 42.2 Å². The highest BCUT2D eigenvalue weighted by atomic mass is 15.0. The monoisotopic (exact) mass is 191 g/mol. The second-order valence-electron chi connectivity index (χ2n) is 3.35. The minimum absolute atomic E-state index is 1.06. The highest BCUT2D eigenvalue weighted by molar-refractivity contribution is 5.02. The van der Waals surface area contributed by atoms with Crippen molar-refractivity contribution in [2.24, 2.45) is 14.1 Å². The second-order valence-corrected chi connectivity index (χ2v) is 3.35. The summed E-state index contributed by atoms with van der Waals surface area (Å²) in [5, 5.41) is 0. The number of aromatic nitrogens is 3. The Morgan fingerprint density at radius 3 is 1.93 bits per heavy atom. The molecule has 0 radical (unpaired) electrons. The van der Waals surface area contributed by atoms with Gasteiger partial charge in [-0.25, -0.2) is 4.98 Å². The van der Waals surface area contributed by atoms with E-state index in [2.05, 4.69) is 22.5 Å². The number of hydrogen-bond donors (Lipinski definition) is 0. The van der Waals surface area contributed by atoms with Crippen LogP contribution in [0.1, 0.15) is 11.5 Å². The van der Waals surface area contributed by atoms with Gasteiger partial charge in [-0.2, -0.15) is 0 Å². The molecule has 14 heavy (non-hydrogen) atoms. The van der Waals surface area contributed by atoms with Crippen LogP contribution in [0.15, 0.2) is 30.7 Å². The van der Waals surface area contributed by atoms with Gasteiger partial charge in [0.25, 0.3) is 0 Å². The van der Waals surface area contributed by atoms with Crippen LogP contribution in [0.2, 0.25) is 0 Å². The van der Waals surface area contributed by atoms with E-state index in [1.165, 1.54) is 5.69 Å². The van der Waals surface area contributed by atoms with E-state index in [1.807, 2.05) is 44.0 Å². The molecule has 2 heterocycles. The summed E-state index contributed by atoms with van der Waals surface area (Å²) in [7, 11) is 4.01. The molecule has 0 amide bonds. The topological polar surface area (TPSA) is 22.8 Å². The molecule has 2 aromatic heterocycles. The number of nitrogens with zero attached hydrogens (tertiary/aromatic N) is 3. The molecule has 0 spiro atoms. The zero-order valence-electron chi connectivity index (χ0n) is 9.23. The van der Waals surface area contributed by atoms with Crippen molar-refractivity contribution in [2.45, 2.75) is 13.8 Å². The van der Waals surface area contributed by atoms with E-state index in [1.54, 1.807) is 6.20 Å². The van der Waals surface area contributed by atoms with Crippen molar-refractivity contribution >= 4 is 0 Å². The third-order valence-corrected chi connectivity index (χ3v) is 2.27. The van der Waals surface area contributed by atoms with Crippen LogP contribution in [0.3, 0.4) is 0 Å². The molecule has 0 unspecified atom stereocenters. The maximum absolute atomic E-state index is 3.98. The summed E-state index contributed by atoms with van der Waals surface area (Å²) in [5.41, 5.74) is 1.31. The lowest BCUT2D eigenvalue weighted by atomic mass is 10.5. The van der Waals surface area contributed by atoms with Gasteiger partial charge >= 0.3 is 0 Å². The first-order valence-corrected chi connectivity index (χ1v) is 4.63. The van der Waals surface area contributed by atoms with E-state index < -0.39 is 0 Å². The SMILES string of the molecule is Cc1cccn1C.Cc1nccn1C. The van der Waals surface area contributed by atoms with Crippen LogP contribution >= 0.6 is 0 Å². The molecule has 3 heteroatoms. The van der Waals surface area contributed by atoms with Gasteiger partial charge in [-0.15, -0.1) is 0 Å². The summed E-state index contributed by atoms with van der Waals surface area (Å²) in [6.07, 6.45) is 5.75. The minimum atomic E-state index is 1.06. The molecular formula is C11H17N3. The minimum Gasteiger partial charge on any atom is -0.355 e. The molecule has 0 aliphatic heterocycles. The third-order valence-electron chi connectivity index (χ3n) is 2.27. The quantitative estimate of drug-likeness (QED) is 0.625. The first-order chi connectivity index (χ1) is 6.61. The standard InChI is InChI=1S/C6H9N.C5H8N2/c1-6-4-3-5-7(6)2;1-5-6-3-4-7(5)2/h3-5H,1-2H3;3-4H,1-2H3. The summed E-state index contributed by atoms with van der Waals surface area (Å²) >= 11 is 0. The normalized spacial score (nSPS) is 9.43. The van der Waals surface area contributed by atoms with E-state index in [-0.39, 0.29) is 0 Å². The summed E-state index contributed by atoms with van der Waals surface area (Å²) in [6, 6.07) is 4.12. The Balaban J connectivity index is 0.000000140. The summed E-state index contributed by atoms with van der Waals surface area (Å²) in [5.74, 6) is 1.06. The molecule has 0 atom stereocenters. The van der Waals surface area contributed by atoms with Gasteiger partial charge in [0, 0.05) is 38.4 Å². The number of hydrogen-bond acceptors (Lipinski definition) is 1. The maximum atomic E-state index is 3.98. The van der Waals surface area contributed by atoms with Crippen LogP contribution in [0.4, 0.5) is 0 Å². The van der Waals surface area contributed by atoms with Crippen molar-refractivity contribution in [3.63, 3.8) is 0 Å². The molecule has 76 valence electrons. The van der Waals surface area contributed by atoms with Crippen molar-refractivity contribution in [3.8, 4) is 0 Å².